The molecule has 0 unspecified atom stereocenters. The summed E-state index contributed by atoms with van der Waals surface area (Å²) >= 11 is 1.35. The van der Waals surface area contributed by atoms with Crippen molar-refractivity contribution >= 4 is 17.7 Å². The molecule has 0 saturated carbocycles. The van der Waals surface area contributed by atoms with Gasteiger partial charge in [0.1, 0.15) is 5.25 Å². The van der Waals surface area contributed by atoms with Crippen molar-refractivity contribution in [3.8, 4) is 0 Å². The summed E-state index contributed by atoms with van der Waals surface area (Å²) in [6.07, 6.45) is 3.39. The summed E-state index contributed by atoms with van der Waals surface area (Å²) in [5.41, 5.74) is 2.01. The van der Waals surface area contributed by atoms with Gasteiger partial charge in [0.05, 0.1) is 7.11 Å². The van der Waals surface area contributed by atoms with Gasteiger partial charge in [-0.3, -0.25) is 4.79 Å². The lowest BCUT2D eigenvalue weighted by molar-refractivity contribution is -0.140. The normalized spacial score (nSPS) is 12.1. The Labute approximate surface area is 110 Å². The van der Waals surface area contributed by atoms with Crippen molar-refractivity contribution < 1.29 is 9.53 Å². The second-order valence-electron chi connectivity index (χ2n) is 3.77. The highest BCUT2D eigenvalue weighted by Gasteiger charge is 2.25. The number of carbonyl (C=O) groups excluding carboxylic acids is 1. The topological polar surface area (TPSA) is 55.0 Å². The fourth-order valence-corrected chi connectivity index (χ4v) is 2.72. The smallest absolute Gasteiger partial charge is 0.323 e. The largest absolute Gasteiger partial charge is 0.468 e. The highest BCUT2D eigenvalue weighted by Crippen LogP contribution is 2.35. The van der Waals surface area contributed by atoms with E-state index < -0.39 is 5.25 Å². The molecular weight excluding hydrogens is 248 g/mol. The van der Waals surface area contributed by atoms with E-state index in [4.69, 9.17) is 4.74 Å². The molecule has 5 heteroatoms. The minimum atomic E-state index is -0.401. The number of imidazole rings is 1. The molecule has 1 heterocycles. The number of ether oxygens (including phenoxy) is 1. The molecule has 0 aliphatic rings. The molecule has 1 N–H and O–H groups in total. The van der Waals surface area contributed by atoms with Gasteiger partial charge in [-0.15, -0.1) is 0 Å². The maximum absolute atomic E-state index is 11.9. The molecule has 0 fully saturated rings. The molecule has 0 saturated heterocycles. The molecule has 18 heavy (non-hydrogen) atoms. The van der Waals surface area contributed by atoms with Crippen LogP contribution in [0, 0.1) is 6.92 Å². The maximum atomic E-state index is 11.9. The van der Waals surface area contributed by atoms with Crippen LogP contribution in [-0.2, 0) is 9.53 Å². The fourth-order valence-electron chi connectivity index (χ4n) is 1.65. The Hall–Kier alpha value is -1.75. The van der Waals surface area contributed by atoms with E-state index >= 15 is 0 Å². The average molecular weight is 262 g/mol. The van der Waals surface area contributed by atoms with Crippen molar-refractivity contribution in [2.24, 2.45) is 0 Å². The highest BCUT2D eigenvalue weighted by molar-refractivity contribution is 8.00. The lowest BCUT2D eigenvalue weighted by atomic mass is 10.1. The van der Waals surface area contributed by atoms with Crippen molar-refractivity contribution in [3.63, 3.8) is 0 Å². The predicted molar refractivity (Wildman–Crippen MR) is 70.4 cm³/mol. The number of aromatic amines is 1. The predicted octanol–water partition coefficient (Wildman–Crippen LogP) is 2.72. The number of esters is 1. The van der Waals surface area contributed by atoms with E-state index in [1.807, 2.05) is 31.2 Å². The summed E-state index contributed by atoms with van der Waals surface area (Å²) < 4.78 is 4.87. The standard InChI is InChI=1S/C13H14N2O2S/c1-9-5-3-4-6-10(9)11(12(16)17-2)18-13-14-7-8-15-13/h3-8,11H,1-2H3,(H,14,15)/t11-/m0/s1. The molecule has 0 radical (unpaired) electrons. The van der Waals surface area contributed by atoms with Crippen LogP contribution in [0.1, 0.15) is 16.4 Å². The zero-order valence-corrected chi connectivity index (χ0v) is 11.0. The molecule has 94 valence electrons. The number of aryl methyl sites for hydroxylation is 1. The molecular formula is C13H14N2O2S. The first-order valence-corrected chi connectivity index (χ1v) is 6.39. The minimum absolute atomic E-state index is 0.273. The van der Waals surface area contributed by atoms with Gasteiger partial charge in [-0.1, -0.05) is 36.0 Å². The average Bonchev–Trinajstić information content (AvgIpc) is 2.89. The molecule has 1 atom stereocenters. The quantitative estimate of drug-likeness (QED) is 0.680. The summed E-state index contributed by atoms with van der Waals surface area (Å²) in [4.78, 5) is 19.0. The second-order valence-corrected chi connectivity index (χ2v) is 4.87. The molecule has 0 spiro atoms. The third-order valence-corrected chi connectivity index (χ3v) is 3.72. The number of benzene rings is 1. The Morgan fingerprint density at radius 3 is 2.83 bits per heavy atom. The van der Waals surface area contributed by atoms with Gasteiger partial charge in [0.25, 0.3) is 0 Å². The Balaban J connectivity index is 2.31. The monoisotopic (exact) mass is 262 g/mol. The summed E-state index contributed by atoms with van der Waals surface area (Å²) in [5, 5.41) is 0.302. The van der Waals surface area contributed by atoms with E-state index in [9.17, 15) is 4.79 Å². The zero-order valence-electron chi connectivity index (χ0n) is 10.2. The van der Waals surface area contributed by atoms with E-state index in [0.717, 1.165) is 11.1 Å². The number of thioether (sulfide) groups is 1. The Bertz CT molecular complexity index is 526. The molecule has 2 aromatic rings. The molecule has 2 rings (SSSR count). The lowest BCUT2D eigenvalue weighted by Gasteiger charge is -2.15. The SMILES string of the molecule is COC(=O)[C@@H](Sc1ncc[nH]1)c1ccccc1C. The van der Waals surface area contributed by atoms with Crippen LogP contribution in [0.3, 0.4) is 0 Å². The summed E-state index contributed by atoms with van der Waals surface area (Å²) in [6.45, 7) is 1.98. The van der Waals surface area contributed by atoms with Gasteiger partial charge in [-0.25, -0.2) is 4.98 Å². The molecule has 0 aliphatic carbocycles. The van der Waals surface area contributed by atoms with Crippen molar-refractivity contribution in [2.75, 3.05) is 7.11 Å². The molecule has 1 aromatic heterocycles. The number of hydrogen-bond donors (Lipinski definition) is 1. The first-order valence-electron chi connectivity index (χ1n) is 5.51. The van der Waals surface area contributed by atoms with Crippen molar-refractivity contribution in [3.05, 3.63) is 47.8 Å². The van der Waals surface area contributed by atoms with E-state index in [-0.39, 0.29) is 5.97 Å². The van der Waals surface area contributed by atoms with E-state index in [0.29, 0.717) is 5.16 Å². The van der Waals surface area contributed by atoms with Gasteiger partial charge >= 0.3 is 5.97 Å². The van der Waals surface area contributed by atoms with Gasteiger partial charge in [0.15, 0.2) is 5.16 Å². The molecule has 0 bridgehead atoms. The Kier molecular flexibility index (Phi) is 4.04. The van der Waals surface area contributed by atoms with Gasteiger partial charge in [0, 0.05) is 12.4 Å². The van der Waals surface area contributed by atoms with Crippen molar-refractivity contribution in [1.82, 2.24) is 9.97 Å². The van der Waals surface area contributed by atoms with Crippen LogP contribution in [-0.4, -0.2) is 23.0 Å². The van der Waals surface area contributed by atoms with E-state index in [1.54, 1.807) is 12.4 Å². The Morgan fingerprint density at radius 1 is 1.44 bits per heavy atom. The number of hydrogen-bond acceptors (Lipinski definition) is 4. The van der Waals surface area contributed by atoms with Crippen LogP contribution in [0.2, 0.25) is 0 Å². The first-order chi connectivity index (χ1) is 8.72. The number of rotatable bonds is 4. The van der Waals surface area contributed by atoms with Crippen LogP contribution in [0.25, 0.3) is 0 Å². The first kappa shape index (κ1) is 12.7. The number of H-pyrrole nitrogens is 1. The van der Waals surface area contributed by atoms with Crippen LogP contribution < -0.4 is 0 Å². The molecule has 1 aromatic carbocycles. The molecule has 0 amide bonds. The maximum Gasteiger partial charge on any atom is 0.323 e. The lowest BCUT2D eigenvalue weighted by Crippen LogP contribution is -2.12. The van der Waals surface area contributed by atoms with Gasteiger partial charge in [-0.2, -0.15) is 0 Å². The van der Waals surface area contributed by atoms with Crippen LogP contribution in [0.4, 0.5) is 0 Å². The second kappa shape index (κ2) is 5.73. The number of nitrogens with one attached hydrogen (secondary N) is 1. The third kappa shape index (κ3) is 2.73. The molecule has 0 aliphatic heterocycles. The van der Waals surface area contributed by atoms with Gasteiger partial charge in [-0.05, 0) is 18.1 Å². The van der Waals surface area contributed by atoms with Crippen LogP contribution >= 0.6 is 11.8 Å². The van der Waals surface area contributed by atoms with Crippen molar-refractivity contribution in [2.45, 2.75) is 17.3 Å². The number of aromatic nitrogens is 2. The van der Waals surface area contributed by atoms with Crippen molar-refractivity contribution in [1.29, 1.82) is 0 Å². The minimum Gasteiger partial charge on any atom is -0.468 e. The zero-order chi connectivity index (χ0) is 13.0. The fraction of sp³-hybridized carbons (Fsp3) is 0.231. The highest BCUT2D eigenvalue weighted by atomic mass is 32.2. The molecule has 4 nitrogen and oxygen atoms in total. The van der Waals surface area contributed by atoms with Gasteiger partial charge in [0.2, 0.25) is 0 Å². The van der Waals surface area contributed by atoms with Crippen LogP contribution in [0.15, 0.2) is 41.8 Å². The number of methoxy groups -OCH3 is 1. The number of carbonyl (C=O) groups is 1. The Morgan fingerprint density at radius 2 is 2.22 bits per heavy atom. The summed E-state index contributed by atoms with van der Waals surface area (Å²) in [5.74, 6) is -0.273. The number of nitrogens with zero attached hydrogens (tertiary/aromatic N) is 1. The van der Waals surface area contributed by atoms with E-state index in [2.05, 4.69) is 9.97 Å². The van der Waals surface area contributed by atoms with E-state index in [1.165, 1.54) is 18.9 Å². The van der Waals surface area contributed by atoms with Gasteiger partial charge < -0.3 is 9.72 Å². The summed E-state index contributed by atoms with van der Waals surface area (Å²) in [7, 11) is 1.40. The van der Waals surface area contributed by atoms with Crippen LogP contribution in [0.5, 0.6) is 0 Å². The summed E-state index contributed by atoms with van der Waals surface area (Å²) in [6, 6.07) is 7.78. The third-order valence-electron chi connectivity index (χ3n) is 2.59.